The number of hydrogen-bond acceptors (Lipinski definition) is 2. The van der Waals surface area contributed by atoms with Crippen LogP contribution >= 0.6 is 23.2 Å². The average Bonchev–Trinajstić information content (AvgIpc) is 3.24. The predicted molar refractivity (Wildman–Crippen MR) is 154 cm³/mol. The summed E-state index contributed by atoms with van der Waals surface area (Å²) in [6, 6.07) is 21.8. The minimum absolute atomic E-state index is 0.758. The quantitative estimate of drug-likeness (QED) is 0.233. The molecular formula is C31H35Cl2N3. The van der Waals surface area contributed by atoms with Crippen LogP contribution in [0.1, 0.15) is 36.5 Å². The minimum atomic E-state index is 0.758. The molecule has 36 heavy (non-hydrogen) atoms. The summed E-state index contributed by atoms with van der Waals surface area (Å²) in [6.45, 7) is 11.4. The maximum Gasteiger partial charge on any atom is 0.0486 e. The van der Waals surface area contributed by atoms with E-state index >= 15 is 0 Å². The van der Waals surface area contributed by atoms with Gasteiger partial charge < -0.3 is 4.57 Å². The molecule has 0 amide bonds. The summed E-state index contributed by atoms with van der Waals surface area (Å²) in [6.07, 6.45) is 4.75. The number of benzene rings is 3. The molecule has 1 fully saturated rings. The summed E-state index contributed by atoms with van der Waals surface area (Å²) in [7, 11) is 0. The van der Waals surface area contributed by atoms with E-state index in [4.69, 9.17) is 23.2 Å². The van der Waals surface area contributed by atoms with Gasteiger partial charge in [-0.3, -0.25) is 9.80 Å². The molecule has 4 aromatic rings. The number of rotatable bonds is 8. The van der Waals surface area contributed by atoms with E-state index in [1.807, 2.05) is 18.2 Å². The lowest BCUT2D eigenvalue weighted by Crippen LogP contribution is -2.45. The Balaban J connectivity index is 1.31. The van der Waals surface area contributed by atoms with Crippen LogP contribution in [0.15, 0.2) is 66.9 Å². The van der Waals surface area contributed by atoms with Crippen molar-refractivity contribution in [2.24, 2.45) is 0 Å². The van der Waals surface area contributed by atoms with Crippen LogP contribution in [0.4, 0.5) is 0 Å². The second-order valence-corrected chi connectivity index (χ2v) is 10.9. The standard InChI is InChI=1S/C31H35Cl2N3/c1-3-4-14-36-22-27(25-11-8-23(2)9-12-25)26-19-24(10-13-31(26)36)20-34-15-17-35(18-16-34)21-28-29(32)6-5-7-30(28)33/h5-13,19,22H,3-4,14-18,20-21H2,1-2H3. The van der Waals surface area contributed by atoms with E-state index in [-0.39, 0.29) is 0 Å². The van der Waals surface area contributed by atoms with Gasteiger partial charge in [-0.1, -0.05) is 78.5 Å². The van der Waals surface area contributed by atoms with E-state index in [9.17, 15) is 0 Å². The topological polar surface area (TPSA) is 11.4 Å². The molecule has 2 heterocycles. The molecule has 0 N–H and O–H groups in total. The lowest BCUT2D eigenvalue weighted by molar-refractivity contribution is 0.122. The van der Waals surface area contributed by atoms with Gasteiger partial charge in [-0.05, 0) is 48.7 Å². The van der Waals surface area contributed by atoms with Crippen molar-refractivity contribution >= 4 is 34.1 Å². The number of aromatic nitrogens is 1. The average molecular weight is 521 g/mol. The smallest absolute Gasteiger partial charge is 0.0486 e. The Kier molecular flexibility index (Phi) is 8.03. The molecule has 0 spiro atoms. The molecule has 1 aliphatic heterocycles. The first-order valence-corrected chi connectivity index (χ1v) is 13.8. The van der Waals surface area contributed by atoms with Crippen molar-refractivity contribution in [2.75, 3.05) is 26.2 Å². The van der Waals surface area contributed by atoms with Crippen LogP contribution < -0.4 is 0 Å². The highest BCUT2D eigenvalue weighted by Crippen LogP contribution is 2.32. The summed E-state index contributed by atoms with van der Waals surface area (Å²) in [5.41, 5.74) is 7.69. The Hall–Kier alpha value is -2.30. The van der Waals surface area contributed by atoms with Crippen molar-refractivity contribution in [3.63, 3.8) is 0 Å². The fraction of sp³-hybridized carbons (Fsp3) is 0.355. The van der Waals surface area contributed by atoms with Gasteiger partial charge in [0.2, 0.25) is 0 Å². The zero-order valence-corrected chi connectivity index (χ0v) is 22.8. The number of halogens is 2. The molecule has 5 heteroatoms. The maximum absolute atomic E-state index is 6.40. The maximum atomic E-state index is 6.40. The van der Waals surface area contributed by atoms with E-state index in [0.29, 0.717) is 0 Å². The minimum Gasteiger partial charge on any atom is -0.347 e. The molecule has 1 aromatic heterocycles. The SMILES string of the molecule is CCCCn1cc(-c2ccc(C)cc2)c2cc(CN3CCN(Cc4c(Cl)cccc4Cl)CC3)ccc21. The Morgan fingerprint density at radius 3 is 2.14 bits per heavy atom. The third-order valence-corrected chi connectivity index (χ3v) is 8.08. The fourth-order valence-corrected chi connectivity index (χ4v) is 5.71. The molecule has 1 saturated heterocycles. The van der Waals surface area contributed by atoms with Crippen LogP contribution in [0.2, 0.25) is 10.0 Å². The zero-order valence-electron chi connectivity index (χ0n) is 21.3. The van der Waals surface area contributed by atoms with Gasteiger partial charge in [-0.2, -0.15) is 0 Å². The summed E-state index contributed by atoms with van der Waals surface area (Å²) < 4.78 is 2.44. The van der Waals surface area contributed by atoms with E-state index < -0.39 is 0 Å². The van der Waals surface area contributed by atoms with Gasteiger partial charge in [0.1, 0.15) is 0 Å². The van der Waals surface area contributed by atoms with Crippen LogP contribution in [-0.4, -0.2) is 40.5 Å². The molecule has 3 aromatic carbocycles. The number of unbranched alkanes of at least 4 members (excludes halogenated alkanes) is 1. The number of piperazine rings is 1. The van der Waals surface area contributed by atoms with Gasteiger partial charge in [0.05, 0.1) is 0 Å². The molecule has 0 unspecified atom stereocenters. The van der Waals surface area contributed by atoms with Gasteiger partial charge in [0.15, 0.2) is 0 Å². The van der Waals surface area contributed by atoms with Gasteiger partial charge in [0, 0.05) is 84.1 Å². The van der Waals surface area contributed by atoms with Crippen molar-refractivity contribution in [3.05, 3.63) is 93.6 Å². The van der Waals surface area contributed by atoms with Crippen molar-refractivity contribution in [1.82, 2.24) is 14.4 Å². The van der Waals surface area contributed by atoms with Crippen molar-refractivity contribution < 1.29 is 0 Å². The van der Waals surface area contributed by atoms with Crippen LogP contribution in [-0.2, 0) is 19.6 Å². The lowest BCUT2D eigenvalue weighted by atomic mass is 10.0. The number of nitrogens with zero attached hydrogens (tertiary/aromatic N) is 3. The first-order valence-electron chi connectivity index (χ1n) is 13.1. The number of fused-ring (bicyclic) bond motifs is 1. The molecule has 5 rings (SSSR count). The summed E-state index contributed by atoms with van der Waals surface area (Å²) in [5, 5.41) is 2.88. The Morgan fingerprint density at radius 2 is 1.47 bits per heavy atom. The molecule has 1 aliphatic rings. The van der Waals surface area contributed by atoms with Crippen molar-refractivity contribution in [3.8, 4) is 11.1 Å². The highest BCUT2D eigenvalue weighted by Gasteiger charge is 2.20. The van der Waals surface area contributed by atoms with Gasteiger partial charge in [0.25, 0.3) is 0 Å². The summed E-state index contributed by atoms with van der Waals surface area (Å²) >= 11 is 12.8. The Morgan fingerprint density at radius 1 is 0.806 bits per heavy atom. The summed E-state index contributed by atoms with van der Waals surface area (Å²) in [4.78, 5) is 5.02. The van der Waals surface area contributed by atoms with Crippen LogP contribution in [0.3, 0.4) is 0 Å². The lowest BCUT2D eigenvalue weighted by Gasteiger charge is -2.35. The van der Waals surface area contributed by atoms with Gasteiger partial charge in [-0.25, -0.2) is 0 Å². The van der Waals surface area contributed by atoms with E-state index in [1.165, 1.54) is 46.0 Å². The van der Waals surface area contributed by atoms with Crippen LogP contribution in [0, 0.1) is 6.92 Å². The van der Waals surface area contributed by atoms with Crippen LogP contribution in [0.25, 0.3) is 22.0 Å². The van der Waals surface area contributed by atoms with Gasteiger partial charge in [-0.15, -0.1) is 0 Å². The molecule has 3 nitrogen and oxygen atoms in total. The fourth-order valence-electron chi connectivity index (χ4n) is 5.19. The molecule has 0 bridgehead atoms. The Bertz CT molecular complexity index is 1300. The van der Waals surface area contributed by atoms with Gasteiger partial charge >= 0.3 is 0 Å². The third kappa shape index (κ3) is 5.65. The highest BCUT2D eigenvalue weighted by molar-refractivity contribution is 6.35. The molecule has 0 radical (unpaired) electrons. The summed E-state index contributed by atoms with van der Waals surface area (Å²) in [5.74, 6) is 0. The molecular weight excluding hydrogens is 485 g/mol. The van der Waals surface area contributed by atoms with Crippen LogP contribution in [0.5, 0.6) is 0 Å². The first-order chi connectivity index (χ1) is 17.5. The third-order valence-electron chi connectivity index (χ3n) is 7.38. The monoisotopic (exact) mass is 519 g/mol. The number of hydrogen-bond donors (Lipinski definition) is 0. The molecule has 0 aliphatic carbocycles. The first kappa shape index (κ1) is 25.4. The Labute approximate surface area is 225 Å². The molecule has 0 saturated carbocycles. The van der Waals surface area contributed by atoms with Crippen molar-refractivity contribution in [2.45, 2.75) is 46.3 Å². The van der Waals surface area contributed by atoms with E-state index in [0.717, 1.165) is 61.4 Å². The second kappa shape index (κ2) is 11.4. The largest absolute Gasteiger partial charge is 0.347 e. The predicted octanol–water partition coefficient (Wildman–Crippen LogP) is 8.04. The zero-order chi connectivity index (χ0) is 25.1. The number of aryl methyl sites for hydroxylation is 2. The normalized spacial score (nSPS) is 15.1. The highest BCUT2D eigenvalue weighted by atomic mass is 35.5. The van der Waals surface area contributed by atoms with Crippen molar-refractivity contribution in [1.29, 1.82) is 0 Å². The van der Waals surface area contributed by atoms with E-state index in [2.05, 4.69) is 76.9 Å². The molecule has 188 valence electrons. The van der Waals surface area contributed by atoms with E-state index in [1.54, 1.807) is 0 Å². The molecule has 0 atom stereocenters. The second-order valence-electron chi connectivity index (χ2n) is 10.1.